The Morgan fingerprint density at radius 2 is 1.10 bits per heavy atom. The SMILES string of the molecule is CCOCCOCCN1C=CN(CCOCCOCC)C1. The fraction of sp³-hybridized carbons (Fsp3) is 0.867. The molecule has 0 radical (unpaired) electrons. The zero-order valence-corrected chi connectivity index (χ0v) is 13.5. The van der Waals surface area contributed by atoms with Crippen LogP contribution in [0.25, 0.3) is 0 Å². The fourth-order valence-corrected chi connectivity index (χ4v) is 1.90. The second-order valence-electron chi connectivity index (χ2n) is 4.68. The molecule has 0 spiro atoms. The molecular weight excluding hydrogens is 272 g/mol. The lowest BCUT2D eigenvalue weighted by molar-refractivity contribution is 0.0393. The van der Waals surface area contributed by atoms with Gasteiger partial charge in [0.1, 0.15) is 0 Å². The van der Waals surface area contributed by atoms with E-state index in [0.717, 1.165) is 46.2 Å². The molecule has 0 N–H and O–H groups in total. The molecular formula is C15H30N2O4. The molecule has 1 aliphatic heterocycles. The molecule has 0 aromatic heterocycles. The monoisotopic (exact) mass is 302 g/mol. The predicted molar refractivity (Wildman–Crippen MR) is 82.0 cm³/mol. The second-order valence-corrected chi connectivity index (χ2v) is 4.68. The highest BCUT2D eigenvalue weighted by Crippen LogP contribution is 2.05. The Morgan fingerprint density at radius 1 is 0.667 bits per heavy atom. The third-order valence-corrected chi connectivity index (χ3v) is 3.05. The van der Waals surface area contributed by atoms with Crippen LogP contribution in [0.4, 0.5) is 0 Å². The van der Waals surface area contributed by atoms with Gasteiger partial charge in [-0.1, -0.05) is 0 Å². The van der Waals surface area contributed by atoms with Gasteiger partial charge in [-0.15, -0.1) is 0 Å². The first-order valence-electron chi connectivity index (χ1n) is 7.84. The molecule has 1 heterocycles. The highest BCUT2D eigenvalue weighted by atomic mass is 16.5. The minimum Gasteiger partial charge on any atom is -0.379 e. The van der Waals surface area contributed by atoms with Crippen LogP contribution in [0, 0.1) is 0 Å². The summed E-state index contributed by atoms with van der Waals surface area (Å²) in [5.74, 6) is 0. The summed E-state index contributed by atoms with van der Waals surface area (Å²) in [7, 11) is 0. The maximum Gasteiger partial charge on any atom is 0.0895 e. The second kappa shape index (κ2) is 12.9. The average molecular weight is 302 g/mol. The molecule has 0 aromatic carbocycles. The predicted octanol–water partition coefficient (Wildman–Crippen LogP) is 1.14. The van der Waals surface area contributed by atoms with Gasteiger partial charge in [-0.25, -0.2) is 0 Å². The molecule has 0 aromatic rings. The molecule has 0 saturated heterocycles. The van der Waals surface area contributed by atoms with E-state index in [2.05, 4.69) is 22.2 Å². The van der Waals surface area contributed by atoms with Gasteiger partial charge in [0.15, 0.2) is 0 Å². The zero-order chi connectivity index (χ0) is 15.2. The van der Waals surface area contributed by atoms with E-state index in [1.807, 2.05) is 13.8 Å². The summed E-state index contributed by atoms with van der Waals surface area (Å²) in [6, 6.07) is 0. The van der Waals surface area contributed by atoms with Crippen LogP contribution in [-0.4, -0.2) is 82.4 Å². The summed E-state index contributed by atoms with van der Waals surface area (Å²) < 4.78 is 21.5. The van der Waals surface area contributed by atoms with Gasteiger partial charge < -0.3 is 28.7 Å². The van der Waals surface area contributed by atoms with E-state index in [0.29, 0.717) is 26.4 Å². The molecule has 0 aliphatic carbocycles. The van der Waals surface area contributed by atoms with E-state index in [1.54, 1.807) is 0 Å². The molecule has 0 amide bonds. The normalized spacial score (nSPS) is 14.4. The first-order valence-corrected chi connectivity index (χ1v) is 7.84. The maximum absolute atomic E-state index is 5.51. The van der Waals surface area contributed by atoms with Crippen molar-refractivity contribution in [2.75, 3.05) is 72.6 Å². The van der Waals surface area contributed by atoms with E-state index in [-0.39, 0.29) is 0 Å². The van der Waals surface area contributed by atoms with Crippen molar-refractivity contribution in [2.45, 2.75) is 13.8 Å². The van der Waals surface area contributed by atoms with Gasteiger partial charge >= 0.3 is 0 Å². The highest BCUT2D eigenvalue weighted by Gasteiger charge is 2.11. The summed E-state index contributed by atoms with van der Waals surface area (Å²) >= 11 is 0. The van der Waals surface area contributed by atoms with E-state index in [9.17, 15) is 0 Å². The molecule has 0 saturated carbocycles. The summed E-state index contributed by atoms with van der Waals surface area (Å²) in [5.41, 5.74) is 0. The van der Waals surface area contributed by atoms with Crippen LogP contribution in [0.15, 0.2) is 12.4 Å². The highest BCUT2D eigenvalue weighted by molar-refractivity contribution is 4.90. The van der Waals surface area contributed by atoms with Gasteiger partial charge in [-0.05, 0) is 13.8 Å². The molecule has 1 aliphatic rings. The number of nitrogens with zero attached hydrogens (tertiary/aromatic N) is 2. The Bertz CT molecular complexity index is 240. The Morgan fingerprint density at radius 3 is 1.52 bits per heavy atom. The van der Waals surface area contributed by atoms with Crippen LogP contribution < -0.4 is 0 Å². The fourth-order valence-electron chi connectivity index (χ4n) is 1.90. The Kier molecular flexibility index (Phi) is 11.2. The van der Waals surface area contributed by atoms with Gasteiger partial charge in [0.2, 0.25) is 0 Å². The summed E-state index contributed by atoms with van der Waals surface area (Å²) in [5, 5.41) is 0. The number of hydrogen-bond acceptors (Lipinski definition) is 6. The van der Waals surface area contributed by atoms with Crippen LogP contribution in [-0.2, 0) is 18.9 Å². The maximum atomic E-state index is 5.51. The van der Waals surface area contributed by atoms with Crippen LogP contribution in [0.1, 0.15) is 13.8 Å². The zero-order valence-electron chi connectivity index (χ0n) is 13.5. The summed E-state index contributed by atoms with van der Waals surface area (Å²) in [6.45, 7) is 12.4. The molecule has 124 valence electrons. The van der Waals surface area contributed by atoms with Crippen molar-refractivity contribution in [1.82, 2.24) is 9.80 Å². The smallest absolute Gasteiger partial charge is 0.0895 e. The van der Waals surface area contributed by atoms with E-state index >= 15 is 0 Å². The lowest BCUT2D eigenvalue weighted by atomic mass is 10.6. The lowest BCUT2D eigenvalue weighted by Gasteiger charge is -2.21. The van der Waals surface area contributed by atoms with Gasteiger partial charge in [0.05, 0.1) is 46.3 Å². The van der Waals surface area contributed by atoms with E-state index in [4.69, 9.17) is 18.9 Å². The third kappa shape index (κ3) is 9.68. The first kappa shape index (κ1) is 18.2. The number of hydrogen-bond donors (Lipinski definition) is 0. The van der Waals surface area contributed by atoms with Crippen molar-refractivity contribution < 1.29 is 18.9 Å². The van der Waals surface area contributed by atoms with Gasteiger partial charge in [-0.3, -0.25) is 0 Å². The summed E-state index contributed by atoms with van der Waals surface area (Å²) in [6.07, 6.45) is 4.21. The lowest BCUT2D eigenvalue weighted by Crippen LogP contribution is -2.30. The number of ether oxygens (including phenoxy) is 4. The van der Waals surface area contributed by atoms with E-state index < -0.39 is 0 Å². The van der Waals surface area contributed by atoms with Crippen molar-refractivity contribution >= 4 is 0 Å². The molecule has 0 atom stereocenters. The largest absolute Gasteiger partial charge is 0.379 e. The van der Waals surface area contributed by atoms with Crippen LogP contribution in [0.2, 0.25) is 0 Å². The topological polar surface area (TPSA) is 43.4 Å². The van der Waals surface area contributed by atoms with Crippen molar-refractivity contribution in [3.8, 4) is 0 Å². The van der Waals surface area contributed by atoms with Crippen molar-refractivity contribution in [3.63, 3.8) is 0 Å². The molecule has 1 rings (SSSR count). The van der Waals surface area contributed by atoms with E-state index in [1.165, 1.54) is 0 Å². The first-order chi connectivity index (χ1) is 10.4. The number of rotatable bonds is 14. The van der Waals surface area contributed by atoms with Crippen LogP contribution >= 0.6 is 0 Å². The van der Waals surface area contributed by atoms with Gasteiger partial charge in [-0.2, -0.15) is 0 Å². The molecule has 0 fully saturated rings. The van der Waals surface area contributed by atoms with Crippen molar-refractivity contribution in [1.29, 1.82) is 0 Å². The Labute approximate surface area is 128 Å². The third-order valence-electron chi connectivity index (χ3n) is 3.05. The van der Waals surface area contributed by atoms with Crippen molar-refractivity contribution in [3.05, 3.63) is 12.4 Å². The average Bonchev–Trinajstić information content (AvgIpc) is 2.94. The Hall–Kier alpha value is -0.820. The van der Waals surface area contributed by atoms with Crippen LogP contribution in [0.3, 0.4) is 0 Å². The minimum absolute atomic E-state index is 0.669. The summed E-state index contributed by atoms with van der Waals surface area (Å²) in [4.78, 5) is 4.47. The molecule has 21 heavy (non-hydrogen) atoms. The molecule has 6 nitrogen and oxygen atoms in total. The van der Waals surface area contributed by atoms with Gasteiger partial charge in [0, 0.05) is 38.7 Å². The quantitative estimate of drug-likeness (QED) is 0.448. The van der Waals surface area contributed by atoms with Crippen LogP contribution in [0.5, 0.6) is 0 Å². The standard InChI is InChI=1S/C15H30N2O4/c1-3-18-11-13-20-9-7-16-5-6-17(15-16)8-10-21-14-12-19-4-2/h5-6H,3-4,7-15H2,1-2H3. The van der Waals surface area contributed by atoms with Gasteiger partial charge in [0.25, 0.3) is 0 Å². The molecule has 0 bridgehead atoms. The molecule has 0 unspecified atom stereocenters. The Balaban J connectivity index is 1.89. The minimum atomic E-state index is 0.669. The molecule has 6 heteroatoms. The van der Waals surface area contributed by atoms with Crippen molar-refractivity contribution in [2.24, 2.45) is 0 Å².